The first-order chi connectivity index (χ1) is 13.6. The van der Waals surface area contributed by atoms with E-state index in [1.807, 2.05) is 24.3 Å². The van der Waals surface area contributed by atoms with E-state index >= 15 is 0 Å². The van der Waals surface area contributed by atoms with Crippen molar-refractivity contribution in [2.45, 2.75) is 25.7 Å². The number of benzene rings is 2. The SMILES string of the molecule is COc1ccccc1NC(=O)C1CCN(C(=O)CCc2cccc(F)c2)CC1. The maximum Gasteiger partial charge on any atom is 0.227 e. The van der Waals surface area contributed by atoms with Crippen LogP contribution in [0.2, 0.25) is 0 Å². The first kappa shape index (κ1) is 19.9. The first-order valence-corrected chi connectivity index (χ1v) is 9.53. The lowest BCUT2D eigenvalue weighted by Crippen LogP contribution is -2.41. The van der Waals surface area contributed by atoms with E-state index in [4.69, 9.17) is 4.74 Å². The van der Waals surface area contributed by atoms with Crippen LogP contribution in [0.15, 0.2) is 48.5 Å². The Kier molecular flexibility index (Phi) is 6.63. The van der Waals surface area contributed by atoms with Gasteiger partial charge in [-0.2, -0.15) is 0 Å². The molecule has 2 amide bonds. The molecule has 2 aromatic rings. The molecule has 0 radical (unpaired) electrons. The van der Waals surface area contributed by atoms with Crippen LogP contribution in [0, 0.1) is 11.7 Å². The largest absolute Gasteiger partial charge is 0.495 e. The summed E-state index contributed by atoms with van der Waals surface area (Å²) in [5, 5.41) is 2.92. The van der Waals surface area contributed by atoms with Crippen LogP contribution in [-0.4, -0.2) is 36.9 Å². The Morgan fingerprint density at radius 1 is 1.14 bits per heavy atom. The summed E-state index contributed by atoms with van der Waals surface area (Å²) in [4.78, 5) is 26.8. The number of piperidine rings is 1. The molecule has 5 nitrogen and oxygen atoms in total. The number of carbonyl (C=O) groups is 2. The summed E-state index contributed by atoms with van der Waals surface area (Å²) >= 11 is 0. The van der Waals surface area contributed by atoms with E-state index in [0.29, 0.717) is 50.2 Å². The lowest BCUT2D eigenvalue weighted by molar-refractivity contribution is -0.134. The van der Waals surface area contributed by atoms with Crippen molar-refractivity contribution in [1.29, 1.82) is 0 Å². The van der Waals surface area contributed by atoms with Crippen molar-refractivity contribution in [3.05, 3.63) is 59.9 Å². The molecule has 1 fully saturated rings. The number of anilines is 1. The number of halogens is 1. The average molecular weight is 384 g/mol. The number of nitrogens with zero attached hydrogens (tertiary/aromatic N) is 1. The summed E-state index contributed by atoms with van der Waals surface area (Å²) in [6.07, 6.45) is 2.13. The van der Waals surface area contributed by atoms with Gasteiger partial charge in [0.15, 0.2) is 0 Å². The fourth-order valence-corrected chi connectivity index (χ4v) is 3.48. The number of hydrogen-bond donors (Lipinski definition) is 1. The molecule has 6 heteroatoms. The Morgan fingerprint density at radius 2 is 1.89 bits per heavy atom. The third-order valence-corrected chi connectivity index (χ3v) is 5.10. The molecule has 2 aromatic carbocycles. The molecule has 3 rings (SSSR count). The maximum absolute atomic E-state index is 13.2. The Hall–Kier alpha value is -2.89. The Bertz CT molecular complexity index is 832. The van der Waals surface area contributed by atoms with Crippen LogP contribution < -0.4 is 10.1 Å². The molecule has 0 bridgehead atoms. The molecule has 0 unspecified atom stereocenters. The second-order valence-electron chi connectivity index (χ2n) is 6.97. The minimum Gasteiger partial charge on any atom is -0.495 e. The van der Waals surface area contributed by atoms with Gasteiger partial charge in [-0.15, -0.1) is 0 Å². The van der Waals surface area contributed by atoms with Crippen LogP contribution in [0.5, 0.6) is 5.75 Å². The molecular formula is C22H25FN2O3. The van der Waals surface area contributed by atoms with E-state index in [1.54, 1.807) is 24.1 Å². The zero-order chi connectivity index (χ0) is 19.9. The lowest BCUT2D eigenvalue weighted by Gasteiger charge is -2.31. The molecular weight excluding hydrogens is 359 g/mol. The zero-order valence-corrected chi connectivity index (χ0v) is 16.0. The molecule has 0 aliphatic carbocycles. The third-order valence-electron chi connectivity index (χ3n) is 5.10. The minimum atomic E-state index is -0.285. The number of para-hydroxylation sites is 2. The average Bonchev–Trinajstić information content (AvgIpc) is 2.72. The summed E-state index contributed by atoms with van der Waals surface area (Å²) in [6, 6.07) is 13.6. The van der Waals surface area contributed by atoms with Crippen LogP contribution in [0.4, 0.5) is 10.1 Å². The first-order valence-electron chi connectivity index (χ1n) is 9.53. The standard InChI is InChI=1S/C22H25FN2O3/c1-28-20-8-3-2-7-19(20)24-22(27)17-11-13-25(14-12-17)21(26)10-9-16-5-4-6-18(23)15-16/h2-8,15,17H,9-14H2,1H3,(H,24,27). The molecule has 0 saturated carbocycles. The fraction of sp³-hybridized carbons (Fsp3) is 0.364. The van der Waals surface area contributed by atoms with E-state index in [1.165, 1.54) is 12.1 Å². The van der Waals surface area contributed by atoms with Gasteiger partial charge in [0, 0.05) is 25.4 Å². The number of rotatable bonds is 6. The van der Waals surface area contributed by atoms with Crippen molar-refractivity contribution < 1.29 is 18.7 Å². The van der Waals surface area contributed by atoms with Crippen molar-refractivity contribution in [2.24, 2.45) is 5.92 Å². The number of carbonyl (C=O) groups excluding carboxylic acids is 2. The molecule has 1 N–H and O–H groups in total. The van der Waals surface area contributed by atoms with Crippen LogP contribution in [0.1, 0.15) is 24.8 Å². The van der Waals surface area contributed by atoms with Crippen molar-refractivity contribution in [3.8, 4) is 5.75 Å². The highest BCUT2D eigenvalue weighted by Crippen LogP contribution is 2.26. The number of hydrogen-bond acceptors (Lipinski definition) is 3. The number of methoxy groups -OCH3 is 1. The van der Waals surface area contributed by atoms with E-state index < -0.39 is 0 Å². The molecule has 0 aromatic heterocycles. The predicted octanol–water partition coefficient (Wildman–Crippen LogP) is 3.64. The molecule has 1 saturated heterocycles. The quantitative estimate of drug-likeness (QED) is 0.827. The van der Waals surface area contributed by atoms with Crippen molar-refractivity contribution in [2.75, 3.05) is 25.5 Å². The Labute approximate surface area is 164 Å². The lowest BCUT2D eigenvalue weighted by atomic mass is 9.95. The van der Waals surface area contributed by atoms with Gasteiger partial charge in [-0.3, -0.25) is 9.59 Å². The van der Waals surface area contributed by atoms with Gasteiger partial charge in [0.2, 0.25) is 11.8 Å². The number of nitrogens with one attached hydrogen (secondary N) is 1. The van der Waals surface area contributed by atoms with Gasteiger partial charge in [-0.05, 0) is 49.1 Å². The Balaban J connectivity index is 1.47. The van der Waals surface area contributed by atoms with Crippen molar-refractivity contribution >= 4 is 17.5 Å². The second-order valence-corrected chi connectivity index (χ2v) is 6.97. The highest BCUT2D eigenvalue weighted by molar-refractivity contribution is 5.94. The van der Waals surface area contributed by atoms with Crippen LogP contribution in [-0.2, 0) is 16.0 Å². The molecule has 1 aliphatic heterocycles. The maximum atomic E-state index is 13.2. The van der Waals surface area contributed by atoms with Gasteiger partial charge in [0.1, 0.15) is 11.6 Å². The monoisotopic (exact) mass is 384 g/mol. The molecule has 0 atom stereocenters. The van der Waals surface area contributed by atoms with Gasteiger partial charge in [-0.1, -0.05) is 24.3 Å². The zero-order valence-electron chi connectivity index (χ0n) is 16.0. The predicted molar refractivity (Wildman–Crippen MR) is 106 cm³/mol. The van der Waals surface area contributed by atoms with E-state index in [2.05, 4.69) is 5.32 Å². The van der Waals surface area contributed by atoms with Crippen molar-refractivity contribution in [3.63, 3.8) is 0 Å². The molecule has 0 spiro atoms. The summed E-state index contributed by atoms with van der Waals surface area (Å²) in [7, 11) is 1.57. The molecule has 1 aliphatic rings. The number of ether oxygens (including phenoxy) is 1. The summed E-state index contributed by atoms with van der Waals surface area (Å²) in [5.74, 6) is 0.217. The van der Waals surface area contributed by atoms with E-state index in [-0.39, 0.29) is 23.5 Å². The van der Waals surface area contributed by atoms with Gasteiger partial charge >= 0.3 is 0 Å². The van der Waals surface area contributed by atoms with Gasteiger partial charge in [0.05, 0.1) is 12.8 Å². The topological polar surface area (TPSA) is 58.6 Å². The minimum absolute atomic E-state index is 0.0450. The normalized spacial score (nSPS) is 14.6. The van der Waals surface area contributed by atoms with Gasteiger partial charge in [-0.25, -0.2) is 4.39 Å². The Morgan fingerprint density at radius 3 is 2.61 bits per heavy atom. The molecule has 28 heavy (non-hydrogen) atoms. The highest BCUT2D eigenvalue weighted by atomic mass is 19.1. The van der Waals surface area contributed by atoms with Gasteiger partial charge in [0.25, 0.3) is 0 Å². The second kappa shape index (κ2) is 9.35. The number of likely N-dealkylation sites (tertiary alicyclic amines) is 1. The third kappa shape index (κ3) is 5.09. The number of amides is 2. The number of aryl methyl sites for hydroxylation is 1. The molecule has 148 valence electrons. The smallest absolute Gasteiger partial charge is 0.227 e. The van der Waals surface area contributed by atoms with Crippen LogP contribution in [0.3, 0.4) is 0 Å². The van der Waals surface area contributed by atoms with Crippen LogP contribution >= 0.6 is 0 Å². The van der Waals surface area contributed by atoms with E-state index in [9.17, 15) is 14.0 Å². The van der Waals surface area contributed by atoms with Crippen LogP contribution in [0.25, 0.3) is 0 Å². The summed E-state index contributed by atoms with van der Waals surface area (Å²) < 4.78 is 18.5. The van der Waals surface area contributed by atoms with Crippen molar-refractivity contribution in [1.82, 2.24) is 4.90 Å². The summed E-state index contributed by atoms with van der Waals surface area (Å²) in [5.41, 5.74) is 1.48. The van der Waals surface area contributed by atoms with Gasteiger partial charge < -0.3 is 15.0 Å². The summed E-state index contributed by atoms with van der Waals surface area (Å²) in [6.45, 7) is 1.12. The molecule has 1 heterocycles. The van der Waals surface area contributed by atoms with E-state index in [0.717, 1.165) is 5.56 Å². The fourth-order valence-electron chi connectivity index (χ4n) is 3.48. The highest BCUT2D eigenvalue weighted by Gasteiger charge is 2.27.